The Bertz CT molecular complexity index is 659. The molecular weight excluding hydrogens is 248 g/mol. The topological polar surface area (TPSA) is 18.5 Å². The Morgan fingerprint density at radius 1 is 1.10 bits per heavy atom. The molecule has 2 nitrogen and oxygen atoms in total. The average molecular weight is 268 g/mol. The number of methoxy groups -OCH3 is 1. The second-order valence-electron chi connectivity index (χ2n) is 5.52. The van der Waals surface area contributed by atoms with Crippen molar-refractivity contribution in [2.24, 2.45) is 0 Å². The van der Waals surface area contributed by atoms with Crippen molar-refractivity contribution in [3.8, 4) is 11.5 Å². The molecule has 0 saturated carbocycles. The Kier molecular flexibility index (Phi) is 3.17. The molecule has 2 heteroatoms. The molecule has 0 spiro atoms. The molecule has 0 aromatic heterocycles. The molecule has 20 heavy (non-hydrogen) atoms. The van der Waals surface area contributed by atoms with E-state index < -0.39 is 0 Å². The van der Waals surface area contributed by atoms with E-state index in [9.17, 15) is 0 Å². The lowest BCUT2D eigenvalue weighted by molar-refractivity contribution is 0.340. The number of benzene rings is 2. The number of aryl methyl sites for hydroxylation is 2. The fourth-order valence-corrected chi connectivity index (χ4v) is 3.06. The first kappa shape index (κ1) is 13.0. The molecular formula is C18H20O2. The highest BCUT2D eigenvalue weighted by Gasteiger charge is 2.29. The molecule has 1 aliphatic rings. The third-order valence-electron chi connectivity index (χ3n) is 4.27. The van der Waals surface area contributed by atoms with Gasteiger partial charge >= 0.3 is 0 Å². The Balaban J connectivity index is 2.11. The van der Waals surface area contributed by atoms with Gasteiger partial charge in [0.1, 0.15) is 11.5 Å². The largest absolute Gasteiger partial charge is 0.497 e. The Labute approximate surface area is 120 Å². The summed E-state index contributed by atoms with van der Waals surface area (Å²) in [5.41, 5.74) is 6.47. The molecule has 3 rings (SSSR count). The van der Waals surface area contributed by atoms with Crippen molar-refractivity contribution < 1.29 is 9.47 Å². The third-order valence-corrected chi connectivity index (χ3v) is 4.27. The van der Waals surface area contributed by atoms with E-state index in [1.54, 1.807) is 7.11 Å². The standard InChI is InChI=1S/C18H20O2/c1-11-8-12(2)17-16(10-20-18(17)13(11)3)14-6-5-7-15(9-14)19-4/h5-9,16H,10H2,1-4H3/t16-/m1/s1. The van der Waals surface area contributed by atoms with Crippen LogP contribution in [0.3, 0.4) is 0 Å². The predicted octanol–water partition coefficient (Wildman–Crippen LogP) is 4.14. The van der Waals surface area contributed by atoms with E-state index in [-0.39, 0.29) is 0 Å². The van der Waals surface area contributed by atoms with Crippen molar-refractivity contribution in [2.75, 3.05) is 13.7 Å². The van der Waals surface area contributed by atoms with Crippen LogP contribution < -0.4 is 9.47 Å². The van der Waals surface area contributed by atoms with Gasteiger partial charge in [-0.3, -0.25) is 0 Å². The van der Waals surface area contributed by atoms with Gasteiger partial charge in [-0.25, -0.2) is 0 Å². The summed E-state index contributed by atoms with van der Waals surface area (Å²) in [7, 11) is 1.71. The first-order valence-electron chi connectivity index (χ1n) is 6.99. The molecule has 1 heterocycles. The van der Waals surface area contributed by atoms with E-state index in [1.807, 2.05) is 12.1 Å². The second kappa shape index (κ2) is 4.86. The molecule has 0 saturated heterocycles. The summed E-state index contributed by atoms with van der Waals surface area (Å²) in [6.45, 7) is 7.17. The minimum absolute atomic E-state index is 0.305. The van der Waals surface area contributed by atoms with Gasteiger partial charge in [0.25, 0.3) is 0 Å². The molecule has 0 radical (unpaired) electrons. The van der Waals surface area contributed by atoms with Gasteiger partial charge in [0, 0.05) is 11.5 Å². The smallest absolute Gasteiger partial charge is 0.126 e. The van der Waals surface area contributed by atoms with Crippen LogP contribution in [-0.2, 0) is 0 Å². The Morgan fingerprint density at radius 3 is 2.65 bits per heavy atom. The van der Waals surface area contributed by atoms with Gasteiger partial charge < -0.3 is 9.47 Å². The van der Waals surface area contributed by atoms with Crippen molar-refractivity contribution in [2.45, 2.75) is 26.7 Å². The number of fused-ring (bicyclic) bond motifs is 1. The number of ether oxygens (including phenoxy) is 2. The monoisotopic (exact) mass is 268 g/mol. The molecule has 104 valence electrons. The quantitative estimate of drug-likeness (QED) is 0.814. The van der Waals surface area contributed by atoms with Crippen LogP contribution in [0, 0.1) is 20.8 Å². The summed E-state index contributed by atoms with van der Waals surface area (Å²) >= 11 is 0. The van der Waals surface area contributed by atoms with Crippen LogP contribution in [0.25, 0.3) is 0 Å². The zero-order chi connectivity index (χ0) is 14.3. The summed E-state index contributed by atoms with van der Waals surface area (Å²) in [5.74, 6) is 2.28. The van der Waals surface area contributed by atoms with Crippen LogP contribution >= 0.6 is 0 Å². The first-order valence-corrected chi connectivity index (χ1v) is 6.99. The van der Waals surface area contributed by atoms with Crippen LogP contribution in [0.1, 0.15) is 33.7 Å². The van der Waals surface area contributed by atoms with E-state index in [0.717, 1.165) is 11.5 Å². The minimum Gasteiger partial charge on any atom is -0.497 e. The highest BCUT2D eigenvalue weighted by atomic mass is 16.5. The normalized spacial score (nSPS) is 16.7. The lowest BCUT2D eigenvalue weighted by Crippen LogP contribution is -2.03. The zero-order valence-electron chi connectivity index (χ0n) is 12.5. The van der Waals surface area contributed by atoms with Gasteiger partial charge in [0.2, 0.25) is 0 Å². The molecule has 0 fully saturated rings. The van der Waals surface area contributed by atoms with E-state index in [1.165, 1.54) is 27.8 Å². The highest BCUT2D eigenvalue weighted by molar-refractivity contribution is 5.56. The van der Waals surface area contributed by atoms with Crippen molar-refractivity contribution in [1.82, 2.24) is 0 Å². The number of rotatable bonds is 2. The highest BCUT2D eigenvalue weighted by Crippen LogP contribution is 2.43. The fourth-order valence-electron chi connectivity index (χ4n) is 3.06. The van der Waals surface area contributed by atoms with Crippen LogP contribution in [0.5, 0.6) is 11.5 Å². The summed E-state index contributed by atoms with van der Waals surface area (Å²) in [6, 6.07) is 10.5. The number of hydrogen-bond acceptors (Lipinski definition) is 2. The van der Waals surface area contributed by atoms with Crippen molar-refractivity contribution in [3.63, 3.8) is 0 Å². The Morgan fingerprint density at radius 2 is 1.90 bits per heavy atom. The molecule has 0 aliphatic carbocycles. The third kappa shape index (κ3) is 1.96. The van der Waals surface area contributed by atoms with Gasteiger partial charge in [0.15, 0.2) is 0 Å². The predicted molar refractivity (Wildman–Crippen MR) is 81.0 cm³/mol. The SMILES string of the molecule is COc1cccc([C@H]2COc3c(C)c(C)cc(C)c32)c1. The van der Waals surface area contributed by atoms with Gasteiger partial charge in [-0.1, -0.05) is 18.2 Å². The van der Waals surface area contributed by atoms with Crippen LogP contribution in [0.2, 0.25) is 0 Å². The fraction of sp³-hybridized carbons (Fsp3) is 0.333. The van der Waals surface area contributed by atoms with Crippen LogP contribution in [0.15, 0.2) is 30.3 Å². The number of hydrogen-bond donors (Lipinski definition) is 0. The lowest BCUT2D eigenvalue weighted by atomic mass is 9.88. The zero-order valence-corrected chi connectivity index (χ0v) is 12.5. The van der Waals surface area contributed by atoms with Gasteiger partial charge in [-0.15, -0.1) is 0 Å². The molecule has 0 unspecified atom stereocenters. The lowest BCUT2D eigenvalue weighted by Gasteiger charge is -2.14. The van der Waals surface area contributed by atoms with Crippen molar-refractivity contribution in [3.05, 3.63) is 58.1 Å². The average Bonchev–Trinajstić information content (AvgIpc) is 2.90. The second-order valence-corrected chi connectivity index (χ2v) is 5.52. The molecule has 1 atom stereocenters. The molecule has 0 N–H and O–H groups in total. The summed E-state index contributed by atoms with van der Waals surface area (Å²) in [6.07, 6.45) is 0. The molecule has 2 aromatic carbocycles. The van der Waals surface area contributed by atoms with E-state index >= 15 is 0 Å². The van der Waals surface area contributed by atoms with Crippen LogP contribution in [-0.4, -0.2) is 13.7 Å². The van der Waals surface area contributed by atoms with Crippen LogP contribution in [0.4, 0.5) is 0 Å². The maximum atomic E-state index is 5.99. The maximum Gasteiger partial charge on any atom is 0.126 e. The maximum absolute atomic E-state index is 5.99. The minimum atomic E-state index is 0.305. The Hall–Kier alpha value is -1.96. The molecule has 0 amide bonds. The van der Waals surface area contributed by atoms with E-state index in [2.05, 4.69) is 39.0 Å². The van der Waals surface area contributed by atoms with Gasteiger partial charge in [-0.05, 0) is 55.2 Å². The molecule has 2 aromatic rings. The summed E-state index contributed by atoms with van der Waals surface area (Å²) in [4.78, 5) is 0. The van der Waals surface area contributed by atoms with E-state index in [4.69, 9.17) is 9.47 Å². The summed E-state index contributed by atoms with van der Waals surface area (Å²) in [5, 5.41) is 0. The van der Waals surface area contributed by atoms with E-state index in [0.29, 0.717) is 12.5 Å². The molecule has 0 bridgehead atoms. The van der Waals surface area contributed by atoms with Gasteiger partial charge in [0.05, 0.1) is 13.7 Å². The summed E-state index contributed by atoms with van der Waals surface area (Å²) < 4.78 is 11.3. The van der Waals surface area contributed by atoms with Crippen molar-refractivity contribution >= 4 is 0 Å². The first-order chi connectivity index (χ1) is 9.61. The van der Waals surface area contributed by atoms with Crippen molar-refractivity contribution in [1.29, 1.82) is 0 Å². The molecule has 1 aliphatic heterocycles. The van der Waals surface area contributed by atoms with Gasteiger partial charge in [-0.2, -0.15) is 0 Å².